The van der Waals surface area contributed by atoms with Crippen molar-refractivity contribution in [1.29, 1.82) is 0 Å². The number of rotatable bonds is 8. The average molecular weight is 402 g/mol. The van der Waals surface area contributed by atoms with Crippen LogP contribution in [0.25, 0.3) is 0 Å². The number of amides is 2. The molecule has 0 radical (unpaired) electrons. The Labute approximate surface area is 172 Å². The fourth-order valence-electron chi connectivity index (χ4n) is 2.84. The molecule has 5 nitrogen and oxygen atoms in total. The summed E-state index contributed by atoms with van der Waals surface area (Å²) in [6.45, 7) is 11.0. The fourth-order valence-corrected chi connectivity index (χ4v) is 3.55. The third-order valence-electron chi connectivity index (χ3n) is 4.52. The van der Waals surface area contributed by atoms with Crippen LogP contribution < -0.4 is 5.32 Å². The molecule has 2 rings (SSSR count). The molecule has 2 amide bonds. The first-order chi connectivity index (χ1) is 13.2. The predicted molar refractivity (Wildman–Crippen MR) is 116 cm³/mol. The average Bonchev–Trinajstić information content (AvgIpc) is 3.04. The number of hydrogen-bond donors (Lipinski definition) is 1. The molecule has 28 heavy (non-hydrogen) atoms. The lowest BCUT2D eigenvalue weighted by molar-refractivity contribution is -0.116. The minimum atomic E-state index is -0.217. The molecule has 152 valence electrons. The third kappa shape index (κ3) is 6.44. The predicted octanol–water partition coefficient (Wildman–Crippen LogP) is 5.02. The maximum Gasteiger partial charge on any atom is 0.254 e. The molecule has 0 aliphatic carbocycles. The number of hydrogen-bond acceptors (Lipinski definition) is 4. The number of carbonyl (C=O) groups is 2. The summed E-state index contributed by atoms with van der Waals surface area (Å²) in [5.41, 5.74) is 2.70. The van der Waals surface area contributed by atoms with Crippen LogP contribution in [0.5, 0.6) is 0 Å². The summed E-state index contributed by atoms with van der Waals surface area (Å²) in [7, 11) is 0. The first kappa shape index (κ1) is 22.1. The van der Waals surface area contributed by atoms with Crippen LogP contribution >= 0.6 is 11.3 Å². The van der Waals surface area contributed by atoms with Gasteiger partial charge in [0.1, 0.15) is 6.54 Å². The second-order valence-corrected chi connectivity index (χ2v) is 8.96. The number of aromatic nitrogens is 1. The Balaban J connectivity index is 2.09. The molecule has 0 saturated carbocycles. The van der Waals surface area contributed by atoms with Crippen molar-refractivity contribution < 1.29 is 9.59 Å². The van der Waals surface area contributed by atoms with Crippen molar-refractivity contribution >= 4 is 28.3 Å². The van der Waals surface area contributed by atoms with Gasteiger partial charge in [-0.05, 0) is 36.5 Å². The Hall–Kier alpha value is -2.21. The second-order valence-electron chi connectivity index (χ2n) is 8.10. The van der Waals surface area contributed by atoms with Crippen LogP contribution in [0.15, 0.2) is 29.6 Å². The van der Waals surface area contributed by atoms with Crippen LogP contribution in [-0.4, -0.2) is 34.8 Å². The molecule has 2 aromatic rings. The first-order valence-electron chi connectivity index (χ1n) is 9.82. The fraction of sp³-hybridized carbons (Fsp3) is 0.500. The van der Waals surface area contributed by atoms with Crippen LogP contribution in [0.4, 0.5) is 5.13 Å². The Morgan fingerprint density at radius 1 is 1.14 bits per heavy atom. The number of nitrogens with zero attached hydrogens (tertiary/aromatic N) is 2. The van der Waals surface area contributed by atoms with Gasteiger partial charge in [-0.15, -0.1) is 11.3 Å². The molecule has 0 unspecified atom stereocenters. The van der Waals surface area contributed by atoms with Crippen molar-refractivity contribution in [2.45, 2.75) is 59.3 Å². The van der Waals surface area contributed by atoms with Gasteiger partial charge in [-0.25, -0.2) is 4.98 Å². The van der Waals surface area contributed by atoms with E-state index in [4.69, 9.17) is 0 Å². The number of nitrogens with one attached hydrogen (secondary N) is 1. The minimum absolute atomic E-state index is 0.0300. The molecule has 0 spiro atoms. The van der Waals surface area contributed by atoms with E-state index in [0.717, 1.165) is 25.0 Å². The molecule has 0 aliphatic rings. The largest absolute Gasteiger partial charge is 0.329 e. The number of thiazole rings is 1. The number of benzene rings is 1. The smallest absolute Gasteiger partial charge is 0.254 e. The number of unbranched alkanes of at least 4 members (excludes halogenated alkanes) is 2. The molecule has 1 aromatic heterocycles. The van der Waals surface area contributed by atoms with Crippen LogP contribution in [0.2, 0.25) is 0 Å². The van der Waals surface area contributed by atoms with E-state index in [1.165, 1.54) is 16.9 Å². The van der Waals surface area contributed by atoms with E-state index in [2.05, 4.69) is 38.0 Å². The van der Waals surface area contributed by atoms with E-state index in [0.29, 0.717) is 17.2 Å². The highest BCUT2D eigenvalue weighted by Gasteiger charge is 2.20. The van der Waals surface area contributed by atoms with E-state index >= 15 is 0 Å². The van der Waals surface area contributed by atoms with E-state index < -0.39 is 0 Å². The quantitative estimate of drug-likeness (QED) is 0.632. The van der Waals surface area contributed by atoms with Gasteiger partial charge in [0.2, 0.25) is 5.91 Å². The summed E-state index contributed by atoms with van der Waals surface area (Å²) in [6, 6.07) is 7.71. The third-order valence-corrected chi connectivity index (χ3v) is 5.39. The molecular formula is C22H31N3O2S. The zero-order chi connectivity index (χ0) is 20.7. The van der Waals surface area contributed by atoms with Crippen molar-refractivity contribution in [1.82, 2.24) is 9.88 Å². The summed E-state index contributed by atoms with van der Waals surface area (Å²) < 4.78 is 0. The standard InChI is InChI=1S/C22H31N3O2S/c1-6-7-8-13-25(14-19(26)24-21-23-16(2)15-28-21)20(27)17-9-11-18(12-10-17)22(3,4)5/h9-12,15H,6-8,13-14H2,1-5H3,(H,23,24,26). The van der Waals surface area contributed by atoms with Crippen molar-refractivity contribution in [2.75, 3.05) is 18.4 Å². The van der Waals surface area contributed by atoms with Gasteiger partial charge in [0.25, 0.3) is 5.91 Å². The number of carbonyl (C=O) groups excluding carboxylic acids is 2. The van der Waals surface area contributed by atoms with E-state index in [1.54, 1.807) is 4.90 Å². The molecule has 1 aromatic carbocycles. The van der Waals surface area contributed by atoms with Gasteiger partial charge in [0.05, 0.1) is 5.69 Å². The highest BCUT2D eigenvalue weighted by molar-refractivity contribution is 7.13. The molecule has 6 heteroatoms. The van der Waals surface area contributed by atoms with E-state index in [1.807, 2.05) is 36.6 Å². The lowest BCUT2D eigenvalue weighted by Gasteiger charge is -2.23. The van der Waals surface area contributed by atoms with Gasteiger partial charge in [0.15, 0.2) is 5.13 Å². The summed E-state index contributed by atoms with van der Waals surface area (Å²) in [5, 5.41) is 5.25. The second kappa shape index (κ2) is 9.82. The van der Waals surface area contributed by atoms with Gasteiger partial charge < -0.3 is 10.2 Å². The Kier molecular flexibility index (Phi) is 7.75. The molecule has 0 saturated heterocycles. The minimum Gasteiger partial charge on any atom is -0.329 e. The van der Waals surface area contributed by atoms with Gasteiger partial charge >= 0.3 is 0 Å². The summed E-state index contributed by atoms with van der Waals surface area (Å²) in [4.78, 5) is 31.4. The van der Waals surface area contributed by atoms with Crippen LogP contribution in [0.1, 0.15) is 68.6 Å². The van der Waals surface area contributed by atoms with Crippen molar-refractivity contribution in [3.63, 3.8) is 0 Å². The maximum atomic E-state index is 13.0. The zero-order valence-corrected chi connectivity index (χ0v) is 18.4. The molecule has 1 heterocycles. The number of aryl methyl sites for hydroxylation is 1. The normalized spacial score (nSPS) is 11.3. The summed E-state index contributed by atoms with van der Waals surface area (Å²) >= 11 is 1.39. The van der Waals surface area contributed by atoms with Crippen molar-refractivity contribution in [2.24, 2.45) is 0 Å². The van der Waals surface area contributed by atoms with Crippen LogP contribution in [0.3, 0.4) is 0 Å². The molecule has 0 fully saturated rings. The van der Waals surface area contributed by atoms with Crippen LogP contribution in [-0.2, 0) is 10.2 Å². The highest BCUT2D eigenvalue weighted by Crippen LogP contribution is 2.22. The SMILES string of the molecule is CCCCCN(CC(=O)Nc1nc(C)cs1)C(=O)c1ccc(C(C)(C)C)cc1. The number of anilines is 1. The molecule has 1 N–H and O–H groups in total. The molecule has 0 atom stereocenters. The van der Waals surface area contributed by atoms with Crippen LogP contribution in [0, 0.1) is 6.92 Å². The summed E-state index contributed by atoms with van der Waals surface area (Å²) in [6.07, 6.45) is 2.97. The Bertz CT molecular complexity index is 791. The molecule has 0 aliphatic heterocycles. The van der Waals surface area contributed by atoms with Gasteiger partial charge in [-0.2, -0.15) is 0 Å². The topological polar surface area (TPSA) is 62.3 Å². The Morgan fingerprint density at radius 3 is 2.36 bits per heavy atom. The lowest BCUT2D eigenvalue weighted by Crippen LogP contribution is -2.38. The van der Waals surface area contributed by atoms with Crippen molar-refractivity contribution in [3.05, 3.63) is 46.5 Å². The lowest BCUT2D eigenvalue weighted by atomic mass is 9.86. The summed E-state index contributed by atoms with van der Waals surface area (Å²) in [5.74, 6) is -0.326. The Morgan fingerprint density at radius 2 is 1.82 bits per heavy atom. The highest BCUT2D eigenvalue weighted by atomic mass is 32.1. The molecule has 0 bridgehead atoms. The molecular weight excluding hydrogens is 370 g/mol. The van der Waals surface area contributed by atoms with E-state index in [9.17, 15) is 9.59 Å². The van der Waals surface area contributed by atoms with Gasteiger partial charge in [-0.3, -0.25) is 9.59 Å². The maximum absolute atomic E-state index is 13.0. The van der Waals surface area contributed by atoms with Gasteiger partial charge in [-0.1, -0.05) is 52.7 Å². The van der Waals surface area contributed by atoms with Gasteiger partial charge in [0, 0.05) is 17.5 Å². The zero-order valence-electron chi connectivity index (χ0n) is 17.5. The first-order valence-corrected chi connectivity index (χ1v) is 10.7. The van der Waals surface area contributed by atoms with Crippen molar-refractivity contribution in [3.8, 4) is 0 Å². The monoisotopic (exact) mass is 401 g/mol. The van der Waals surface area contributed by atoms with E-state index in [-0.39, 0.29) is 23.8 Å².